The number of aromatic nitrogens is 2. The van der Waals surface area contributed by atoms with Crippen LogP contribution in [0.15, 0.2) is 61.1 Å². The lowest BCUT2D eigenvalue weighted by atomic mass is 9.98. The van der Waals surface area contributed by atoms with E-state index in [2.05, 4.69) is 20.6 Å². The van der Waals surface area contributed by atoms with Gasteiger partial charge in [0, 0.05) is 18.5 Å². The van der Waals surface area contributed by atoms with E-state index in [1.165, 1.54) is 20.2 Å². The number of hydrogen-bond donors (Lipinski definition) is 5. The Hall–Kier alpha value is -4.88. The summed E-state index contributed by atoms with van der Waals surface area (Å²) in [6.45, 7) is 2.83. The highest BCUT2D eigenvalue weighted by Crippen LogP contribution is 2.44. The fourth-order valence-corrected chi connectivity index (χ4v) is 4.05. The van der Waals surface area contributed by atoms with Crippen LogP contribution in [-0.2, 0) is 25.5 Å². The zero-order chi connectivity index (χ0) is 30.4. The Bertz CT molecular complexity index is 1360. The molecule has 1 aromatic heterocycles. The molecule has 14 heteroatoms. The number of nitrogens with one attached hydrogen (secondary N) is 3. The number of nitrogens with zero attached hydrogens (tertiary/aromatic N) is 1. The first-order valence-corrected chi connectivity index (χ1v) is 12.2. The minimum absolute atomic E-state index is 0.0647. The fraction of sp³-hybridized carbons (Fsp3) is 0.296. The van der Waals surface area contributed by atoms with Gasteiger partial charge in [0.25, 0.3) is 0 Å². The number of aliphatic carboxylic acids is 2. The van der Waals surface area contributed by atoms with Gasteiger partial charge in [0.15, 0.2) is 0 Å². The van der Waals surface area contributed by atoms with Crippen LogP contribution in [0.25, 0.3) is 11.1 Å². The van der Waals surface area contributed by atoms with Crippen LogP contribution < -0.4 is 10.6 Å². The summed E-state index contributed by atoms with van der Waals surface area (Å²) in [5, 5.41) is 21.5. The smallest absolute Gasteiger partial charge is 0.480 e. The van der Waals surface area contributed by atoms with Crippen molar-refractivity contribution in [3.05, 3.63) is 77.9 Å². The van der Waals surface area contributed by atoms with Gasteiger partial charge in [-0.15, -0.1) is 0 Å². The number of carbonyl (C=O) groups excluding carboxylic acids is 2. The predicted octanol–water partition coefficient (Wildman–Crippen LogP) is 3.47. The van der Waals surface area contributed by atoms with Gasteiger partial charge in [0.1, 0.15) is 18.2 Å². The van der Waals surface area contributed by atoms with Crippen molar-refractivity contribution in [2.75, 3.05) is 6.61 Å². The van der Waals surface area contributed by atoms with E-state index in [0.717, 1.165) is 22.3 Å². The maximum absolute atomic E-state index is 12.8. The van der Waals surface area contributed by atoms with E-state index in [0.29, 0.717) is 5.69 Å². The molecule has 0 saturated heterocycles. The van der Waals surface area contributed by atoms with Crippen molar-refractivity contribution < 1.29 is 47.3 Å². The average Bonchev–Trinajstić information content (AvgIpc) is 3.52. The Labute approximate surface area is 231 Å². The summed E-state index contributed by atoms with van der Waals surface area (Å²) in [4.78, 5) is 52.7. The molecule has 0 radical (unpaired) electrons. The number of imidazole rings is 1. The van der Waals surface area contributed by atoms with E-state index in [9.17, 15) is 32.7 Å². The average molecular weight is 577 g/mol. The second-order valence-electron chi connectivity index (χ2n) is 9.51. The Balaban J connectivity index is 0.000000587. The van der Waals surface area contributed by atoms with E-state index < -0.39 is 41.7 Å². The molecule has 1 atom stereocenters. The number of hydrogen-bond acceptors (Lipinski definition) is 6. The molecule has 218 valence electrons. The maximum atomic E-state index is 12.8. The molecule has 3 aromatic rings. The van der Waals surface area contributed by atoms with Gasteiger partial charge in [-0.05, 0) is 36.1 Å². The number of carboxylic acids is 2. The Morgan fingerprint density at radius 3 is 1.98 bits per heavy atom. The predicted molar refractivity (Wildman–Crippen MR) is 138 cm³/mol. The number of carboxylic acid groups (broad SMARTS) is 2. The normalized spacial score (nSPS) is 13.1. The number of amides is 2. The number of ether oxygens (including phenoxy) is 1. The number of benzene rings is 2. The molecule has 0 bridgehead atoms. The lowest BCUT2D eigenvalue weighted by molar-refractivity contribution is -0.192. The number of rotatable bonds is 8. The van der Waals surface area contributed by atoms with E-state index in [-0.39, 0.29) is 18.9 Å². The highest BCUT2D eigenvalue weighted by Gasteiger charge is 2.38. The number of fused-ring (bicyclic) bond motifs is 3. The highest BCUT2D eigenvalue weighted by atomic mass is 19.4. The maximum Gasteiger partial charge on any atom is 0.490 e. The lowest BCUT2D eigenvalue weighted by Crippen LogP contribution is -2.57. The minimum Gasteiger partial charge on any atom is -0.480 e. The second kappa shape index (κ2) is 12.5. The van der Waals surface area contributed by atoms with Crippen LogP contribution >= 0.6 is 0 Å². The number of carbonyl (C=O) groups is 4. The summed E-state index contributed by atoms with van der Waals surface area (Å²) in [7, 11) is 0. The van der Waals surface area contributed by atoms with Gasteiger partial charge in [-0.3, -0.25) is 4.79 Å². The summed E-state index contributed by atoms with van der Waals surface area (Å²) in [6.07, 6.45) is -2.73. The molecule has 1 aliphatic carbocycles. The molecule has 0 fully saturated rings. The molecule has 0 spiro atoms. The van der Waals surface area contributed by atoms with Crippen molar-refractivity contribution in [2.24, 2.45) is 0 Å². The van der Waals surface area contributed by atoms with Gasteiger partial charge in [-0.25, -0.2) is 19.4 Å². The summed E-state index contributed by atoms with van der Waals surface area (Å²) >= 11 is 0. The van der Waals surface area contributed by atoms with E-state index >= 15 is 0 Å². The van der Waals surface area contributed by atoms with Gasteiger partial charge in [0.2, 0.25) is 5.91 Å². The van der Waals surface area contributed by atoms with Crippen molar-refractivity contribution in [1.29, 1.82) is 0 Å². The molecule has 0 unspecified atom stereocenters. The Morgan fingerprint density at radius 2 is 1.51 bits per heavy atom. The molecule has 1 heterocycles. The summed E-state index contributed by atoms with van der Waals surface area (Å²) in [5.41, 5.74) is 3.39. The van der Waals surface area contributed by atoms with Crippen molar-refractivity contribution >= 4 is 23.9 Å². The van der Waals surface area contributed by atoms with Crippen LogP contribution in [-0.4, -0.2) is 68.5 Å². The molecule has 1 aliphatic rings. The number of alkyl carbamates (subject to hydrolysis) is 1. The third-order valence-electron chi connectivity index (χ3n) is 6.13. The molecule has 41 heavy (non-hydrogen) atoms. The number of H-pyrrole nitrogens is 1. The van der Waals surface area contributed by atoms with Gasteiger partial charge in [-0.2, -0.15) is 13.2 Å². The first kappa shape index (κ1) is 30.7. The first-order chi connectivity index (χ1) is 19.2. The summed E-state index contributed by atoms with van der Waals surface area (Å²) < 4.78 is 37.3. The van der Waals surface area contributed by atoms with Crippen LogP contribution in [0.3, 0.4) is 0 Å². The molecular formula is C27H27F3N4O7. The minimum atomic E-state index is -5.08. The quantitative estimate of drug-likeness (QED) is 0.271. The van der Waals surface area contributed by atoms with Crippen LogP contribution in [0.2, 0.25) is 0 Å². The van der Waals surface area contributed by atoms with Gasteiger partial charge >= 0.3 is 24.2 Å². The molecule has 11 nitrogen and oxygen atoms in total. The summed E-state index contributed by atoms with van der Waals surface area (Å²) in [6, 6.07) is 14.9. The molecule has 5 N–H and O–H groups in total. The number of alkyl halides is 3. The largest absolute Gasteiger partial charge is 0.490 e. The zero-order valence-corrected chi connectivity index (χ0v) is 21.9. The second-order valence-corrected chi connectivity index (χ2v) is 9.51. The highest BCUT2D eigenvalue weighted by molar-refractivity contribution is 5.91. The Morgan fingerprint density at radius 1 is 0.976 bits per heavy atom. The molecule has 2 amide bonds. The third kappa shape index (κ3) is 7.84. The number of aromatic amines is 1. The van der Waals surface area contributed by atoms with Crippen LogP contribution in [0, 0.1) is 0 Å². The third-order valence-corrected chi connectivity index (χ3v) is 6.13. The number of halogens is 3. The zero-order valence-electron chi connectivity index (χ0n) is 21.9. The van der Waals surface area contributed by atoms with E-state index in [4.69, 9.17) is 14.6 Å². The van der Waals surface area contributed by atoms with Gasteiger partial charge in [-0.1, -0.05) is 48.5 Å². The van der Waals surface area contributed by atoms with Crippen molar-refractivity contribution in [1.82, 2.24) is 20.6 Å². The summed E-state index contributed by atoms with van der Waals surface area (Å²) in [5.74, 6) is -4.72. The first-order valence-electron chi connectivity index (χ1n) is 12.2. The molecule has 2 aromatic carbocycles. The Kier molecular flexibility index (Phi) is 9.37. The van der Waals surface area contributed by atoms with Crippen molar-refractivity contribution in [3.8, 4) is 11.1 Å². The topological polar surface area (TPSA) is 171 Å². The van der Waals surface area contributed by atoms with Crippen molar-refractivity contribution in [3.63, 3.8) is 0 Å². The van der Waals surface area contributed by atoms with Crippen molar-refractivity contribution in [2.45, 2.75) is 43.9 Å². The van der Waals surface area contributed by atoms with Crippen LogP contribution in [0.5, 0.6) is 0 Å². The van der Waals surface area contributed by atoms with Crippen LogP contribution in [0.1, 0.15) is 36.6 Å². The fourth-order valence-electron chi connectivity index (χ4n) is 4.05. The lowest BCUT2D eigenvalue weighted by Gasteiger charge is -2.25. The molecular weight excluding hydrogens is 549 g/mol. The van der Waals surface area contributed by atoms with E-state index in [1.807, 2.05) is 48.5 Å². The standard InChI is InChI=1S/C25H26N4O5.C2HF3O2/c1-25(2,23(31)32)29-22(30)21(11-15-12-26-14-27-15)28-24(33)34-13-20-18-9-5-3-7-16(18)17-8-4-6-10-19(17)20;3-2(4,5)1(6)7/h3-10,12,14,20-21H,11,13H2,1-2H3,(H,26,27)(H,28,33)(H,29,30)(H,31,32);(H,6,7)/t21-;/m0./s1. The van der Waals surface area contributed by atoms with E-state index in [1.54, 1.807) is 6.20 Å². The van der Waals surface area contributed by atoms with Gasteiger partial charge in [0.05, 0.1) is 12.0 Å². The SMILES string of the molecule is CC(C)(NC(=O)[C@H](Cc1c[nH]cn1)NC(=O)OCC1c2ccccc2-c2ccccc21)C(=O)O.O=C(O)C(F)(F)F. The monoisotopic (exact) mass is 576 g/mol. The molecule has 4 rings (SSSR count). The molecule has 0 saturated carbocycles. The van der Waals surface area contributed by atoms with Crippen LogP contribution in [0.4, 0.5) is 18.0 Å². The van der Waals surface area contributed by atoms with Gasteiger partial charge < -0.3 is 30.6 Å². The molecule has 0 aliphatic heterocycles.